The second-order valence-corrected chi connectivity index (χ2v) is 4.34. The second kappa shape index (κ2) is 15.7. The first-order valence-electron chi connectivity index (χ1n) is 6.55. The topological polar surface area (TPSA) is 127 Å². The number of ether oxygens (including phenoxy) is 2. The number of carbonyl (C=O) groups is 4. The Morgan fingerprint density at radius 1 is 0.826 bits per heavy atom. The fourth-order valence-corrected chi connectivity index (χ4v) is 0.690. The highest BCUT2D eigenvalue weighted by Crippen LogP contribution is 1.88. The van der Waals surface area contributed by atoms with Crippen LogP contribution in [0, 0.1) is 0 Å². The molecule has 0 aromatic rings. The van der Waals surface area contributed by atoms with Crippen LogP contribution in [0.25, 0.3) is 0 Å². The van der Waals surface area contributed by atoms with Gasteiger partial charge in [0.05, 0.1) is 12.2 Å². The first-order valence-corrected chi connectivity index (χ1v) is 6.55. The molecule has 23 heavy (non-hydrogen) atoms. The molecule has 0 unspecified atom stereocenters. The minimum atomic E-state index is -1.31. The summed E-state index contributed by atoms with van der Waals surface area (Å²) in [5, 5.41) is 15.4. The van der Waals surface area contributed by atoms with E-state index < -0.39 is 18.4 Å². The van der Waals surface area contributed by atoms with Gasteiger partial charge in [-0.2, -0.15) is 0 Å². The van der Waals surface area contributed by atoms with Gasteiger partial charge >= 0.3 is 23.9 Å². The third kappa shape index (κ3) is 32.7. The standard InChI is InChI=1S/2C6H10O2.C3H4O4/c2*1-4-6(7)8-5(2)3;4-2(5)1-3(6)7/h2*4-5H,1H2,2-3H3;1H2,(H,4,5)(H,6,7). The lowest BCUT2D eigenvalue weighted by molar-refractivity contribution is -0.147. The zero-order chi connectivity index (χ0) is 19.0. The largest absolute Gasteiger partial charge is 0.481 e. The predicted molar refractivity (Wildman–Crippen MR) is 82.7 cm³/mol. The molecule has 0 saturated carbocycles. The third-order valence-corrected chi connectivity index (χ3v) is 1.34. The monoisotopic (exact) mass is 332 g/mol. The zero-order valence-corrected chi connectivity index (χ0v) is 13.8. The molecular weight excluding hydrogens is 308 g/mol. The average Bonchev–Trinajstić information content (AvgIpc) is 2.36. The molecule has 0 aliphatic rings. The number of carbonyl (C=O) groups excluding carboxylic acids is 2. The molecule has 0 aliphatic heterocycles. The quantitative estimate of drug-likeness (QED) is 0.428. The number of aliphatic carboxylic acids is 2. The van der Waals surface area contributed by atoms with Gasteiger partial charge in [-0.25, -0.2) is 9.59 Å². The lowest BCUT2D eigenvalue weighted by Crippen LogP contribution is -2.07. The molecule has 2 N–H and O–H groups in total. The molecule has 132 valence electrons. The molecule has 0 atom stereocenters. The van der Waals surface area contributed by atoms with Gasteiger partial charge in [0.15, 0.2) is 0 Å². The summed E-state index contributed by atoms with van der Waals surface area (Å²) in [5.74, 6) is -3.35. The van der Waals surface area contributed by atoms with E-state index in [0.29, 0.717) is 0 Å². The Morgan fingerprint density at radius 2 is 1.09 bits per heavy atom. The van der Waals surface area contributed by atoms with Crippen LogP contribution in [0.15, 0.2) is 25.3 Å². The van der Waals surface area contributed by atoms with E-state index in [9.17, 15) is 19.2 Å². The molecule has 0 amide bonds. The van der Waals surface area contributed by atoms with Crippen molar-refractivity contribution in [3.05, 3.63) is 25.3 Å². The SMILES string of the molecule is C=CC(=O)OC(C)C.C=CC(=O)OC(C)C.O=C(O)CC(=O)O. The average molecular weight is 332 g/mol. The predicted octanol–water partition coefficient (Wildman–Crippen LogP) is 1.79. The van der Waals surface area contributed by atoms with Crippen LogP contribution in [0.3, 0.4) is 0 Å². The molecule has 0 radical (unpaired) electrons. The fourth-order valence-electron chi connectivity index (χ4n) is 0.690. The minimum absolute atomic E-state index is 0.0412. The molecule has 8 heteroatoms. The lowest BCUT2D eigenvalue weighted by atomic mass is 10.5. The summed E-state index contributed by atoms with van der Waals surface area (Å²) in [7, 11) is 0. The lowest BCUT2D eigenvalue weighted by Gasteiger charge is -2.02. The Labute approximate surface area is 135 Å². The summed E-state index contributed by atoms with van der Waals surface area (Å²) in [6.07, 6.45) is 1.42. The Bertz CT molecular complexity index is 372. The highest BCUT2D eigenvalue weighted by molar-refractivity contribution is 5.88. The maximum absolute atomic E-state index is 10.3. The number of rotatable bonds is 6. The van der Waals surface area contributed by atoms with Crippen molar-refractivity contribution in [1.82, 2.24) is 0 Å². The maximum atomic E-state index is 10.3. The zero-order valence-electron chi connectivity index (χ0n) is 13.8. The second-order valence-electron chi connectivity index (χ2n) is 4.34. The van der Waals surface area contributed by atoms with Gasteiger partial charge in [0, 0.05) is 12.2 Å². The van der Waals surface area contributed by atoms with Gasteiger partial charge in [0.25, 0.3) is 0 Å². The van der Waals surface area contributed by atoms with E-state index >= 15 is 0 Å². The normalized spacial score (nSPS) is 8.61. The van der Waals surface area contributed by atoms with Crippen molar-refractivity contribution in [3.63, 3.8) is 0 Å². The molecule has 0 heterocycles. The first-order chi connectivity index (χ1) is 10.5. The molecule has 0 aliphatic carbocycles. The van der Waals surface area contributed by atoms with Crippen molar-refractivity contribution >= 4 is 23.9 Å². The van der Waals surface area contributed by atoms with Gasteiger partial charge in [0.2, 0.25) is 0 Å². The fraction of sp³-hybridized carbons (Fsp3) is 0.467. The smallest absolute Gasteiger partial charge is 0.330 e. The molecule has 0 spiro atoms. The van der Waals surface area contributed by atoms with E-state index in [1.54, 1.807) is 27.7 Å². The summed E-state index contributed by atoms with van der Waals surface area (Å²) in [6.45, 7) is 13.7. The van der Waals surface area contributed by atoms with Crippen LogP contribution in [0.5, 0.6) is 0 Å². The van der Waals surface area contributed by atoms with Crippen LogP contribution in [0.4, 0.5) is 0 Å². The summed E-state index contributed by atoms with van der Waals surface area (Å²) in [5.41, 5.74) is 0. The summed E-state index contributed by atoms with van der Waals surface area (Å²) in [6, 6.07) is 0. The maximum Gasteiger partial charge on any atom is 0.330 e. The van der Waals surface area contributed by atoms with E-state index in [2.05, 4.69) is 22.6 Å². The van der Waals surface area contributed by atoms with E-state index in [4.69, 9.17) is 10.2 Å². The van der Waals surface area contributed by atoms with Crippen molar-refractivity contribution in [1.29, 1.82) is 0 Å². The van der Waals surface area contributed by atoms with E-state index in [1.165, 1.54) is 0 Å². The summed E-state index contributed by atoms with van der Waals surface area (Å²) >= 11 is 0. The molecule has 0 rings (SSSR count). The van der Waals surface area contributed by atoms with E-state index in [1.807, 2.05) is 0 Å². The number of esters is 2. The van der Waals surface area contributed by atoms with Gasteiger partial charge in [-0.1, -0.05) is 13.2 Å². The Morgan fingerprint density at radius 3 is 1.13 bits per heavy atom. The third-order valence-electron chi connectivity index (χ3n) is 1.34. The van der Waals surface area contributed by atoms with E-state index in [0.717, 1.165) is 12.2 Å². The number of hydrogen-bond donors (Lipinski definition) is 2. The highest BCUT2D eigenvalue weighted by atomic mass is 16.5. The number of carboxylic acid groups (broad SMARTS) is 2. The molecular formula is C15H24O8. The van der Waals surface area contributed by atoms with Gasteiger partial charge in [-0.3, -0.25) is 9.59 Å². The summed E-state index contributed by atoms with van der Waals surface area (Å²) < 4.78 is 9.28. The van der Waals surface area contributed by atoms with Crippen molar-refractivity contribution in [2.75, 3.05) is 0 Å². The molecule has 0 aromatic carbocycles. The van der Waals surface area contributed by atoms with Crippen molar-refractivity contribution < 1.29 is 38.9 Å². The number of carboxylic acids is 2. The van der Waals surface area contributed by atoms with Crippen LogP contribution in [0.2, 0.25) is 0 Å². The highest BCUT2D eigenvalue weighted by Gasteiger charge is 2.01. The van der Waals surface area contributed by atoms with Crippen LogP contribution in [-0.4, -0.2) is 46.3 Å². The summed E-state index contributed by atoms with van der Waals surface area (Å²) in [4.78, 5) is 39.4. The van der Waals surface area contributed by atoms with Crippen molar-refractivity contribution in [3.8, 4) is 0 Å². The Balaban J connectivity index is -0.000000262. The molecule has 0 fully saturated rings. The van der Waals surface area contributed by atoms with Gasteiger partial charge in [-0.15, -0.1) is 0 Å². The number of hydrogen-bond acceptors (Lipinski definition) is 6. The van der Waals surface area contributed by atoms with Crippen molar-refractivity contribution in [2.24, 2.45) is 0 Å². The van der Waals surface area contributed by atoms with E-state index in [-0.39, 0.29) is 24.1 Å². The van der Waals surface area contributed by atoms with Crippen molar-refractivity contribution in [2.45, 2.75) is 46.3 Å². The molecule has 0 bridgehead atoms. The Kier molecular flexibility index (Phi) is 17.3. The van der Waals surface area contributed by atoms with Crippen LogP contribution in [-0.2, 0) is 28.7 Å². The van der Waals surface area contributed by atoms with Crippen LogP contribution >= 0.6 is 0 Å². The molecule has 0 saturated heterocycles. The van der Waals surface area contributed by atoms with Crippen LogP contribution < -0.4 is 0 Å². The minimum Gasteiger partial charge on any atom is -0.481 e. The van der Waals surface area contributed by atoms with Gasteiger partial charge < -0.3 is 19.7 Å². The van der Waals surface area contributed by atoms with Gasteiger partial charge in [0.1, 0.15) is 6.42 Å². The molecule has 8 nitrogen and oxygen atoms in total. The first kappa shape index (κ1) is 25.3. The van der Waals surface area contributed by atoms with Gasteiger partial charge in [-0.05, 0) is 27.7 Å². The molecule has 0 aromatic heterocycles. The Hall–Kier alpha value is -2.64. The van der Waals surface area contributed by atoms with Crippen LogP contribution in [0.1, 0.15) is 34.1 Å².